The number of hydrogen-bond donors (Lipinski definition) is 0. The molecule has 0 spiro atoms. The van der Waals surface area contributed by atoms with E-state index in [1.54, 1.807) is 0 Å². The van der Waals surface area contributed by atoms with Crippen LogP contribution in [0.1, 0.15) is 29.7 Å². The van der Waals surface area contributed by atoms with Gasteiger partial charge in [0.2, 0.25) is 0 Å². The van der Waals surface area contributed by atoms with Gasteiger partial charge in [0.15, 0.2) is 0 Å². The molecular formula is C55H38N2S. The number of benzene rings is 8. The van der Waals surface area contributed by atoms with Gasteiger partial charge in [0.05, 0.1) is 16.6 Å². The highest BCUT2D eigenvalue weighted by Gasteiger charge is 2.47. The van der Waals surface area contributed by atoms with Crippen molar-refractivity contribution in [1.29, 1.82) is 0 Å². The van der Waals surface area contributed by atoms with E-state index in [-0.39, 0.29) is 10.7 Å². The molecule has 0 radical (unpaired) electrons. The molecule has 58 heavy (non-hydrogen) atoms. The van der Waals surface area contributed by atoms with E-state index in [4.69, 9.17) is 0 Å². The number of rotatable bonds is 5. The molecule has 0 saturated heterocycles. The van der Waals surface area contributed by atoms with E-state index in [1.165, 1.54) is 93.5 Å². The summed E-state index contributed by atoms with van der Waals surface area (Å²) in [4.78, 5) is 1.38. The maximum atomic E-state index is 2.57. The van der Waals surface area contributed by atoms with Crippen molar-refractivity contribution in [2.45, 2.75) is 22.5 Å². The van der Waals surface area contributed by atoms with Gasteiger partial charge < -0.3 is 9.13 Å². The monoisotopic (exact) mass is 758 g/mol. The predicted molar refractivity (Wildman–Crippen MR) is 246 cm³/mol. The van der Waals surface area contributed by atoms with Crippen molar-refractivity contribution in [3.05, 3.63) is 217 Å². The average molecular weight is 759 g/mol. The Kier molecular flexibility index (Phi) is 7.39. The summed E-state index contributed by atoms with van der Waals surface area (Å²) in [5.41, 5.74) is 17.5. The Morgan fingerprint density at radius 3 is 1.78 bits per heavy atom. The van der Waals surface area contributed by atoms with Crippen molar-refractivity contribution in [3.8, 4) is 44.8 Å². The molecule has 12 rings (SSSR count). The first-order valence-corrected chi connectivity index (χ1v) is 20.9. The maximum Gasteiger partial charge on any atom is 0.0541 e. The van der Waals surface area contributed by atoms with Crippen LogP contribution in [0.5, 0.6) is 0 Å². The van der Waals surface area contributed by atoms with E-state index < -0.39 is 0 Å². The van der Waals surface area contributed by atoms with Crippen LogP contribution in [-0.2, 0) is 0 Å². The number of hydrogen-bond acceptors (Lipinski definition) is 1. The summed E-state index contributed by atoms with van der Waals surface area (Å²) < 4.78 is 4.89. The van der Waals surface area contributed by atoms with Gasteiger partial charge in [0.25, 0.3) is 0 Å². The van der Waals surface area contributed by atoms with E-state index >= 15 is 0 Å². The molecular weight excluding hydrogens is 721 g/mol. The van der Waals surface area contributed by atoms with E-state index in [9.17, 15) is 0 Å². The number of aromatic nitrogens is 2. The second-order valence-electron chi connectivity index (χ2n) is 15.9. The second-order valence-corrected chi connectivity index (χ2v) is 17.4. The highest BCUT2D eigenvalue weighted by atomic mass is 32.2. The van der Waals surface area contributed by atoms with E-state index in [1.807, 2.05) is 11.8 Å². The molecule has 10 aromatic rings. The molecule has 3 heterocycles. The Hall–Kier alpha value is -6.81. The molecule has 274 valence electrons. The lowest BCUT2D eigenvalue weighted by Crippen LogP contribution is -2.28. The summed E-state index contributed by atoms with van der Waals surface area (Å²) in [5, 5.41) is 3.80. The Labute approximate surface area is 342 Å². The quantitative estimate of drug-likeness (QED) is 0.170. The van der Waals surface area contributed by atoms with Crippen LogP contribution in [0.4, 0.5) is 0 Å². The van der Waals surface area contributed by atoms with E-state index in [2.05, 4.69) is 222 Å². The lowest BCUT2D eigenvalue weighted by molar-refractivity contribution is 0.653. The van der Waals surface area contributed by atoms with Gasteiger partial charge in [0.1, 0.15) is 0 Å². The van der Waals surface area contributed by atoms with Gasteiger partial charge in [-0.25, -0.2) is 0 Å². The van der Waals surface area contributed by atoms with Crippen molar-refractivity contribution in [1.82, 2.24) is 9.13 Å². The lowest BCUT2D eigenvalue weighted by Gasteiger charge is -2.33. The summed E-state index contributed by atoms with van der Waals surface area (Å²) in [7, 11) is 0. The third-order valence-electron chi connectivity index (χ3n) is 12.5. The molecule has 0 amide bonds. The van der Waals surface area contributed by atoms with Crippen LogP contribution in [0.2, 0.25) is 0 Å². The van der Waals surface area contributed by atoms with Crippen molar-refractivity contribution < 1.29 is 0 Å². The molecule has 1 aliphatic carbocycles. The van der Waals surface area contributed by atoms with Crippen LogP contribution in [0.15, 0.2) is 205 Å². The molecule has 0 saturated carbocycles. The highest BCUT2D eigenvalue weighted by Crippen LogP contribution is 2.60. The minimum Gasteiger partial charge on any atom is -0.312 e. The zero-order valence-electron chi connectivity index (χ0n) is 32.0. The maximum absolute atomic E-state index is 2.57. The van der Waals surface area contributed by atoms with Gasteiger partial charge in [-0.3, -0.25) is 0 Å². The van der Waals surface area contributed by atoms with Gasteiger partial charge in [-0.15, -0.1) is 11.8 Å². The fourth-order valence-corrected chi connectivity index (χ4v) is 11.2. The van der Waals surface area contributed by atoms with Crippen molar-refractivity contribution in [2.75, 3.05) is 0 Å². The van der Waals surface area contributed by atoms with Crippen LogP contribution in [0, 0.1) is 0 Å². The van der Waals surface area contributed by atoms with Crippen LogP contribution in [0.25, 0.3) is 83.5 Å². The van der Waals surface area contributed by atoms with Crippen LogP contribution < -0.4 is 0 Å². The predicted octanol–water partition coefficient (Wildman–Crippen LogP) is 14.8. The van der Waals surface area contributed by atoms with E-state index in [0.29, 0.717) is 0 Å². The third kappa shape index (κ3) is 5.06. The summed E-state index contributed by atoms with van der Waals surface area (Å²) >= 11 is 2.00. The minimum absolute atomic E-state index is 0.0796. The molecule has 2 nitrogen and oxygen atoms in total. The summed E-state index contributed by atoms with van der Waals surface area (Å²) in [5.74, 6) is 0.217. The SMILES string of the molecule is CC12C=Cc3c(n(-c4cccc(-c5ccccc5)c4)c4ccc(-c5ccc6c(c5)c5ccccc5n6-c5ccc(-c6ccccc6)cc5)cc34)C1c1ccccc1S2. The first kappa shape index (κ1) is 33.3. The fourth-order valence-electron chi connectivity index (χ4n) is 9.79. The number of thioether (sulfide) groups is 1. The summed E-state index contributed by atoms with van der Waals surface area (Å²) in [6.45, 7) is 2.42. The van der Waals surface area contributed by atoms with Gasteiger partial charge in [-0.05, 0) is 107 Å². The Morgan fingerprint density at radius 2 is 1.00 bits per heavy atom. The highest BCUT2D eigenvalue weighted by molar-refractivity contribution is 8.01. The normalized spacial score (nSPS) is 16.8. The Morgan fingerprint density at radius 1 is 0.431 bits per heavy atom. The molecule has 0 N–H and O–H groups in total. The summed E-state index contributed by atoms with van der Waals surface area (Å²) in [6.07, 6.45) is 4.88. The molecule has 2 unspecified atom stereocenters. The van der Waals surface area contributed by atoms with E-state index in [0.717, 1.165) is 5.69 Å². The zero-order chi connectivity index (χ0) is 38.4. The Balaban J connectivity index is 1.03. The molecule has 1 aliphatic heterocycles. The average Bonchev–Trinajstić information content (AvgIpc) is 3.91. The number of fused-ring (bicyclic) bond motifs is 10. The molecule has 3 heteroatoms. The Bertz CT molecular complexity index is 3260. The first-order chi connectivity index (χ1) is 28.6. The van der Waals surface area contributed by atoms with Gasteiger partial charge in [-0.2, -0.15) is 0 Å². The molecule has 2 aliphatic rings. The zero-order valence-corrected chi connectivity index (χ0v) is 32.8. The van der Waals surface area contributed by atoms with Gasteiger partial charge in [0, 0.05) is 54.4 Å². The standard InChI is InChI=1S/C55H38N2S/c1-55-32-31-45-48-35-41(40-25-29-50-47(34-40)44-19-8-10-21-49(44)56(50)42-27-23-38(24-28-42)36-13-4-2-5-14-36)26-30-51(48)57(54(45)53(55)46-20-9-11-22-52(46)58-55)43-18-12-17-39(33-43)37-15-6-3-7-16-37/h2-35,53H,1H3. The molecule has 2 aromatic heterocycles. The third-order valence-corrected chi connectivity index (χ3v) is 13.9. The van der Waals surface area contributed by atoms with Crippen molar-refractivity contribution >= 4 is 50.5 Å². The van der Waals surface area contributed by atoms with Gasteiger partial charge in [-0.1, -0.05) is 146 Å². The smallest absolute Gasteiger partial charge is 0.0541 e. The number of para-hydroxylation sites is 1. The fraction of sp³-hybridized carbons (Fsp3) is 0.0545. The molecule has 8 aromatic carbocycles. The second kappa shape index (κ2) is 12.9. The first-order valence-electron chi connectivity index (χ1n) is 20.1. The van der Waals surface area contributed by atoms with Gasteiger partial charge >= 0.3 is 0 Å². The largest absolute Gasteiger partial charge is 0.312 e. The van der Waals surface area contributed by atoms with Crippen LogP contribution in [-0.4, -0.2) is 13.9 Å². The van der Waals surface area contributed by atoms with Crippen LogP contribution in [0.3, 0.4) is 0 Å². The molecule has 2 atom stereocenters. The summed E-state index contributed by atoms with van der Waals surface area (Å²) in [6, 6.07) is 71.4. The van der Waals surface area contributed by atoms with Crippen molar-refractivity contribution in [3.63, 3.8) is 0 Å². The van der Waals surface area contributed by atoms with Crippen molar-refractivity contribution in [2.24, 2.45) is 0 Å². The minimum atomic E-state index is -0.0796. The lowest BCUT2D eigenvalue weighted by atomic mass is 9.78. The molecule has 0 bridgehead atoms. The molecule has 0 fully saturated rings. The topological polar surface area (TPSA) is 9.86 Å². The van der Waals surface area contributed by atoms with Crippen LogP contribution >= 0.6 is 11.8 Å². The number of nitrogens with zero attached hydrogens (tertiary/aromatic N) is 2.